The van der Waals surface area contributed by atoms with Gasteiger partial charge in [0.25, 0.3) is 0 Å². The number of amides is 1. The molecule has 1 aromatic heterocycles. The largest absolute Gasteiger partial charge is 0.483 e. The van der Waals surface area contributed by atoms with Crippen molar-refractivity contribution >= 4 is 11.6 Å². The minimum atomic E-state index is -0.326. The smallest absolute Gasteiger partial charge is 0.246 e. The van der Waals surface area contributed by atoms with Gasteiger partial charge in [-0.15, -0.1) is 0 Å². The van der Waals surface area contributed by atoms with Gasteiger partial charge in [0.15, 0.2) is 5.75 Å². The first-order valence-electron chi connectivity index (χ1n) is 9.48. The zero-order valence-electron chi connectivity index (χ0n) is 16.1. The number of benzene rings is 2. The van der Waals surface area contributed by atoms with E-state index < -0.39 is 0 Å². The van der Waals surface area contributed by atoms with Crippen LogP contribution in [0.4, 0.5) is 10.1 Å². The molecule has 0 saturated carbocycles. The molecule has 0 spiro atoms. The summed E-state index contributed by atoms with van der Waals surface area (Å²) >= 11 is 0. The van der Waals surface area contributed by atoms with Crippen molar-refractivity contribution in [2.45, 2.75) is 26.5 Å². The minimum absolute atomic E-state index is 0.0359. The highest BCUT2D eigenvalue weighted by atomic mass is 19.1. The lowest BCUT2D eigenvalue weighted by molar-refractivity contribution is -0.119. The van der Waals surface area contributed by atoms with Crippen LogP contribution in [0, 0.1) is 12.7 Å². The number of halogens is 1. The monoisotopic (exact) mass is 392 g/mol. The van der Waals surface area contributed by atoms with Gasteiger partial charge in [0.2, 0.25) is 11.3 Å². The maximum absolute atomic E-state index is 13.0. The summed E-state index contributed by atoms with van der Waals surface area (Å²) in [7, 11) is 0. The van der Waals surface area contributed by atoms with Crippen LogP contribution in [0.2, 0.25) is 0 Å². The molecule has 0 atom stereocenters. The molecule has 0 saturated heterocycles. The van der Waals surface area contributed by atoms with E-state index in [4.69, 9.17) is 4.74 Å². The molecule has 0 fully saturated rings. The van der Waals surface area contributed by atoms with E-state index in [1.807, 2.05) is 24.3 Å². The first-order valence-corrected chi connectivity index (χ1v) is 9.48. The molecule has 6 heteroatoms. The van der Waals surface area contributed by atoms with Gasteiger partial charge in [0, 0.05) is 24.0 Å². The number of aromatic nitrogens is 1. The van der Waals surface area contributed by atoms with Gasteiger partial charge >= 0.3 is 0 Å². The van der Waals surface area contributed by atoms with Crippen LogP contribution in [0.1, 0.15) is 16.8 Å². The summed E-state index contributed by atoms with van der Waals surface area (Å²) in [4.78, 5) is 27.0. The molecule has 1 amide bonds. The number of fused-ring (bicyclic) bond motifs is 1. The molecule has 1 aliphatic heterocycles. The number of aryl methyl sites for hydroxylation is 1. The van der Waals surface area contributed by atoms with Gasteiger partial charge in [-0.05, 0) is 42.7 Å². The number of hydrogen-bond donors (Lipinski definition) is 0. The van der Waals surface area contributed by atoms with Crippen molar-refractivity contribution in [3.8, 4) is 5.75 Å². The fraction of sp³-hybridized carbons (Fsp3) is 0.217. The van der Waals surface area contributed by atoms with Crippen molar-refractivity contribution in [2.75, 3.05) is 11.4 Å². The zero-order chi connectivity index (χ0) is 20.4. The van der Waals surface area contributed by atoms with Crippen molar-refractivity contribution in [1.29, 1.82) is 0 Å². The second kappa shape index (κ2) is 7.91. The molecule has 3 aromatic rings. The lowest BCUT2D eigenvalue weighted by Gasteiger charge is -2.20. The Balaban J connectivity index is 1.50. The SMILES string of the molecule is Cc1cc(=O)c(OCc2ccc(F)cc2)cn1CC(=O)N1CCc2ccccc21. The molecule has 5 nitrogen and oxygen atoms in total. The van der Waals surface area contributed by atoms with E-state index in [-0.39, 0.29) is 36.1 Å². The Hall–Kier alpha value is -3.41. The van der Waals surface area contributed by atoms with Crippen molar-refractivity contribution in [1.82, 2.24) is 4.57 Å². The highest BCUT2D eigenvalue weighted by Gasteiger charge is 2.24. The average molecular weight is 392 g/mol. The maximum Gasteiger partial charge on any atom is 0.246 e. The minimum Gasteiger partial charge on any atom is -0.483 e. The molecule has 0 N–H and O–H groups in total. The van der Waals surface area contributed by atoms with Crippen LogP contribution in [0.5, 0.6) is 5.75 Å². The van der Waals surface area contributed by atoms with Gasteiger partial charge in [0.05, 0.1) is 6.20 Å². The molecule has 2 heterocycles. The number of ether oxygens (including phenoxy) is 1. The topological polar surface area (TPSA) is 51.5 Å². The molecule has 0 aliphatic carbocycles. The third-order valence-corrected chi connectivity index (χ3v) is 5.11. The van der Waals surface area contributed by atoms with E-state index in [9.17, 15) is 14.0 Å². The normalized spacial score (nSPS) is 12.7. The van der Waals surface area contributed by atoms with Gasteiger partial charge in [-0.3, -0.25) is 9.59 Å². The van der Waals surface area contributed by atoms with E-state index in [1.54, 1.807) is 34.7 Å². The third-order valence-electron chi connectivity index (χ3n) is 5.11. The Morgan fingerprint density at radius 1 is 1.14 bits per heavy atom. The zero-order valence-corrected chi connectivity index (χ0v) is 16.1. The summed E-state index contributed by atoms with van der Waals surface area (Å²) in [6, 6.07) is 15.3. The Morgan fingerprint density at radius 3 is 2.69 bits per heavy atom. The Labute approximate surface area is 168 Å². The van der Waals surface area contributed by atoms with Crippen LogP contribution in [-0.2, 0) is 24.4 Å². The Kier molecular flexibility index (Phi) is 5.16. The quantitative estimate of drug-likeness (QED) is 0.668. The number of anilines is 1. The first kappa shape index (κ1) is 18.9. The van der Waals surface area contributed by atoms with Gasteiger partial charge in [-0.1, -0.05) is 30.3 Å². The lowest BCUT2D eigenvalue weighted by atomic mass is 10.2. The molecule has 0 bridgehead atoms. The number of pyridine rings is 1. The fourth-order valence-electron chi connectivity index (χ4n) is 3.50. The molecular formula is C23H21FN2O3. The van der Waals surface area contributed by atoms with Crippen LogP contribution in [0.3, 0.4) is 0 Å². The summed E-state index contributed by atoms with van der Waals surface area (Å²) in [5, 5.41) is 0. The number of nitrogens with zero attached hydrogens (tertiary/aromatic N) is 2. The molecule has 2 aromatic carbocycles. The summed E-state index contributed by atoms with van der Waals surface area (Å²) in [5.74, 6) is -0.200. The highest BCUT2D eigenvalue weighted by Crippen LogP contribution is 2.27. The van der Waals surface area contributed by atoms with E-state index in [0.29, 0.717) is 12.2 Å². The van der Waals surface area contributed by atoms with E-state index in [1.165, 1.54) is 23.8 Å². The predicted molar refractivity (Wildman–Crippen MR) is 109 cm³/mol. The molecule has 1 aliphatic rings. The van der Waals surface area contributed by atoms with Crippen LogP contribution < -0.4 is 15.1 Å². The van der Waals surface area contributed by atoms with E-state index in [2.05, 4.69) is 0 Å². The van der Waals surface area contributed by atoms with Crippen molar-refractivity contribution in [3.05, 3.63) is 93.7 Å². The molecule has 4 rings (SSSR count). The van der Waals surface area contributed by atoms with Crippen molar-refractivity contribution in [2.24, 2.45) is 0 Å². The summed E-state index contributed by atoms with van der Waals surface area (Å²) in [5.41, 5.74) is 3.30. The fourth-order valence-corrected chi connectivity index (χ4v) is 3.50. The number of carbonyl (C=O) groups is 1. The standard InChI is InChI=1S/C23H21FN2O3/c1-16-12-21(27)22(29-15-17-6-8-19(24)9-7-17)13-25(16)14-23(28)26-11-10-18-4-2-3-5-20(18)26/h2-9,12-13H,10-11,14-15H2,1H3. The maximum atomic E-state index is 13.0. The van der Waals surface area contributed by atoms with Crippen molar-refractivity contribution < 1.29 is 13.9 Å². The summed E-state index contributed by atoms with van der Waals surface area (Å²) in [6.45, 7) is 2.71. The van der Waals surface area contributed by atoms with Crippen LogP contribution in [-0.4, -0.2) is 17.0 Å². The predicted octanol–water partition coefficient (Wildman–Crippen LogP) is 3.46. The summed E-state index contributed by atoms with van der Waals surface area (Å²) in [6.07, 6.45) is 2.41. The van der Waals surface area contributed by atoms with Gasteiger partial charge in [-0.25, -0.2) is 4.39 Å². The van der Waals surface area contributed by atoms with Crippen LogP contribution >= 0.6 is 0 Å². The number of carbonyl (C=O) groups excluding carboxylic acids is 1. The molecule has 29 heavy (non-hydrogen) atoms. The second-order valence-corrected chi connectivity index (χ2v) is 7.11. The highest BCUT2D eigenvalue weighted by molar-refractivity contribution is 5.95. The van der Waals surface area contributed by atoms with E-state index >= 15 is 0 Å². The molecule has 0 radical (unpaired) electrons. The van der Waals surface area contributed by atoms with Crippen LogP contribution in [0.25, 0.3) is 0 Å². The van der Waals surface area contributed by atoms with Gasteiger partial charge < -0.3 is 14.2 Å². The van der Waals surface area contributed by atoms with Gasteiger partial charge in [-0.2, -0.15) is 0 Å². The molecule has 148 valence electrons. The number of hydrogen-bond acceptors (Lipinski definition) is 3. The summed E-state index contributed by atoms with van der Waals surface area (Å²) < 4.78 is 20.4. The Morgan fingerprint density at radius 2 is 1.90 bits per heavy atom. The molecular weight excluding hydrogens is 371 g/mol. The average Bonchev–Trinajstić information content (AvgIpc) is 3.14. The van der Waals surface area contributed by atoms with Crippen LogP contribution in [0.15, 0.2) is 65.6 Å². The molecule has 0 unspecified atom stereocenters. The van der Waals surface area contributed by atoms with Gasteiger partial charge in [0.1, 0.15) is 19.0 Å². The number of para-hydroxylation sites is 1. The number of rotatable bonds is 5. The lowest BCUT2D eigenvalue weighted by Crippen LogP contribution is -2.33. The second-order valence-electron chi connectivity index (χ2n) is 7.11. The van der Waals surface area contributed by atoms with E-state index in [0.717, 1.165) is 17.7 Å². The third kappa shape index (κ3) is 4.06. The Bertz CT molecular complexity index is 1110. The first-order chi connectivity index (χ1) is 14.0. The van der Waals surface area contributed by atoms with Crippen molar-refractivity contribution in [3.63, 3.8) is 0 Å².